The van der Waals surface area contributed by atoms with Crippen molar-refractivity contribution in [1.29, 1.82) is 0 Å². The first-order chi connectivity index (χ1) is 7.65. The standard InChI is InChI=1S/C11H12F2N2O/c12-9-2-1-8(10(13)5-9)6-15-4-3-14-11(16)7-15/h1-2,5H,3-4,6-7H2,(H,14,16). The van der Waals surface area contributed by atoms with Crippen LogP contribution in [-0.4, -0.2) is 30.4 Å². The predicted octanol–water partition coefficient (Wildman–Crippen LogP) is 0.897. The third kappa shape index (κ3) is 2.55. The molecule has 1 aliphatic rings. The minimum atomic E-state index is -0.586. The van der Waals surface area contributed by atoms with Crippen molar-refractivity contribution in [2.45, 2.75) is 6.54 Å². The molecule has 0 saturated carbocycles. The highest BCUT2D eigenvalue weighted by Crippen LogP contribution is 2.12. The van der Waals surface area contributed by atoms with Gasteiger partial charge in [0.25, 0.3) is 0 Å². The molecule has 0 atom stereocenters. The summed E-state index contributed by atoms with van der Waals surface area (Å²) in [5.74, 6) is -1.21. The molecule has 2 rings (SSSR count). The second kappa shape index (κ2) is 4.57. The van der Waals surface area contributed by atoms with Gasteiger partial charge in [0.05, 0.1) is 6.54 Å². The lowest BCUT2D eigenvalue weighted by molar-refractivity contribution is -0.124. The molecule has 0 radical (unpaired) electrons. The maximum Gasteiger partial charge on any atom is 0.234 e. The first-order valence-corrected chi connectivity index (χ1v) is 5.08. The zero-order valence-electron chi connectivity index (χ0n) is 8.67. The van der Waals surface area contributed by atoms with E-state index in [1.165, 1.54) is 12.1 Å². The Morgan fingerprint density at radius 2 is 2.19 bits per heavy atom. The van der Waals surface area contributed by atoms with E-state index in [9.17, 15) is 13.6 Å². The fourth-order valence-corrected chi connectivity index (χ4v) is 1.72. The number of carbonyl (C=O) groups is 1. The van der Waals surface area contributed by atoms with Crippen LogP contribution in [0.2, 0.25) is 0 Å². The van der Waals surface area contributed by atoms with Crippen molar-refractivity contribution in [2.24, 2.45) is 0 Å². The quantitative estimate of drug-likeness (QED) is 0.812. The van der Waals surface area contributed by atoms with Crippen molar-refractivity contribution < 1.29 is 13.6 Å². The smallest absolute Gasteiger partial charge is 0.234 e. The molecule has 1 fully saturated rings. The van der Waals surface area contributed by atoms with E-state index >= 15 is 0 Å². The third-order valence-corrected chi connectivity index (χ3v) is 2.53. The van der Waals surface area contributed by atoms with Gasteiger partial charge in [0.2, 0.25) is 5.91 Å². The molecule has 1 aromatic rings. The Kier molecular flexibility index (Phi) is 3.14. The first-order valence-electron chi connectivity index (χ1n) is 5.08. The van der Waals surface area contributed by atoms with E-state index in [-0.39, 0.29) is 12.5 Å². The second-order valence-electron chi connectivity index (χ2n) is 3.80. The topological polar surface area (TPSA) is 32.3 Å². The van der Waals surface area contributed by atoms with Crippen molar-refractivity contribution in [3.05, 3.63) is 35.4 Å². The van der Waals surface area contributed by atoms with E-state index in [0.29, 0.717) is 25.2 Å². The molecule has 0 spiro atoms. The van der Waals surface area contributed by atoms with Gasteiger partial charge >= 0.3 is 0 Å². The van der Waals surface area contributed by atoms with Crippen molar-refractivity contribution >= 4 is 5.91 Å². The molecule has 0 bridgehead atoms. The number of halogens is 2. The zero-order chi connectivity index (χ0) is 11.5. The van der Waals surface area contributed by atoms with Crippen LogP contribution in [-0.2, 0) is 11.3 Å². The van der Waals surface area contributed by atoms with Gasteiger partial charge in [-0.1, -0.05) is 6.07 Å². The van der Waals surface area contributed by atoms with Crippen LogP contribution in [0.1, 0.15) is 5.56 Å². The summed E-state index contributed by atoms with van der Waals surface area (Å²) in [6.45, 7) is 1.85. The van der Waals surface area contributed by atoms with Crippen LogP contribution in [0.4, 0.5) is 8.78 Å². The molecular weight excluding hydrogens is 214 g/mol. The van der Waals surface area contributed by atoms with Crippen LogP contribution < -0.4 is 5.32 Å². The average molecular weight is 226 g/mol. The number of benzene rings is 1. The predicted molar refractivity (Wildman–Crippen MR) is 54.6 cm³/mol. The zero-order valence-corrected chi connectivity index (χ0v) is 8.67. The van der Waals surface area contributed by atoms with Crippen molar-refractivity contribution in [1.82, 2.24) is 10.2 Å². The van der Waals surface area contributed by atoms with Crippen molar-refractivity contribution in [2.75, 3.05) is 19.6 Å². The Bertz CT molecular complexity index is 409. The van der Waals surface area contributed by atoms with Gasteiger partial charge in [-0.05, 0) is 6.07 Å². The molecule has 3 nitrogen and oxygen atoms in total. The SMILES string of the molecule is O=C1CN(Cc2ccc(F)cc2F)CCN1. The maximum atomic E-state index is 13.3. The summed E-state index contributed by atoms with van der Waals surface area (Å²) in [5, 5.41) is 2.69. The van der Waals surface area contributed by atoms with Crippen LogP contribution in [0.3, 0.4) is 0 Å². The highest BCUT2D eigenvalue weighted by Gasteiger charge is 2.17. The summed E-state index contributed by atoms with van der Waals surface area (Å²) in [6.07, 6.45) is 0. The molecule has 1 saturated heterocycles. The van der Waals surface area contributed by atoms with Crippen molar-refractivity contribution in [3.8, 4) is 0 Å². The van der Waals surface area contributed by atoms with Crippen LogP contribution in [0.25, 0.3) is 0 Å². The number of amides is 1. The van der Waals surface area contributed by atoms with Crippen molar-refractivity contribution in [3.63, 3.8) is 0 Å². The number of carbonyl (C=O) groups excluding carboxylic acids is 1. The van der Waals surface area contributed by atoms with Crippen LogP contribution in [0.5, 0.6) is 0 Å². The van der Waals surface area contributed by atoms with Gasteiger partial charge in [0.15, 0.2) is 0 Å². The van der Waals surface area contributed by atoms with Gasteiger partial charge in [0, 0.05) is 31.3 Å². The molecule has 1 heterocycles. The Morgan fingerprint density at radius 3 is 2.88 bits per heavy atom. The average Bonchev–Trinajstić information content (AvgIpc) is 2.22. The fourth-order valence-electron chi connectivity index (χ4n) is 1.72. The highest BCUT2D eigenvalue weighted by molar-refractivity contribution is 5.78. The monoisotopic (exact) mass is 226 g/mol. The van der Waals surface area contributed by atoms with Gasteiger partial charge < -0.3 is 5.32 Å². The Balaban J connectivity index is 2.05. The van der Waals surface area contributed by atoms with Gasteiger partial charge in [0.1, 0.15) is 11.6 Å². The van der Waals surface area contributed by atoms with E-state index in [1.807, 2.05) is 4.90 Å². The molecule has 1 aliphatic heterocycles. The Labute approximate surface area is 92.1 Å². The van der Waals surface area contributed by atoms with Crippen LogP contribution in [0, 0.1) is 11.6 Å². The number of hydrogen-bond donors (Lipinski definition) is 1. The van der Waals surface area contributed by atoms with Gasteiger partial charge in [-0.3, -0.25) is 9.69 Å². The molecule has 86 valence electrons. The largest absolute Gasteiger partial charge is 0.354 e. The van der Waals surface area contributed by atoms with Crippen LogP contribution in [0.15, 0.2) is 18.2 Å². The Morgan fingerprint density at radius 1 is 1.38 bits per heavy atom. The fraction of sp³-hybridized carbons (Fsp3) is 0.364. The van der Waals surface area contributed by atoms with Crippen LogP contribution >= 0.6 is 0 Å². The summed E-state index contributed by atoms with van der Waals surface area (Å²) in [5.41, 5.74) is 0.413. The lowest BCUT2D eigenvalue weighted by Crippen LogP contribution is -2.47. The molecule has 1 N–H and O–H groups in total. The number of hydrogen-bond acceptors (Lipinski definition) is 2. The number of piperazine rings is 1. The van der Waals surface area contributed by atoms with E-state index in [4.69, 9.17) is 0 Å². The summed E-state index contributed by atoms with van der Waals surface area (Å²) >= 11 is 0. The van der Waals surface area contributed by atoms with E-state index < -0.39 is 11.6 Å². The molecule has 0 aromatic heterocycles. The van der Waals surface area contributed by atoms with Gasteiger partial charge in [-0.25, -0.2) is 8.78 Å². The van der Waals surface area contributed by atoms with Gasteiger partial charge in [-0.15, -0.1) is 0 Å². The minimum absolute atomic E-state index is 0.0613. The minimum Gasteiger partial charge on any atom is -0.354 e. The molecule has 0 unspecified atom stereocenters. The summed E-state index contributed by atoms with van der Waals surface area (Å²) in [6, 6.07) is 3.50. The van der Waals surface area contributed by atoms with Gasteiger partial charge in [-0.2, -0.15) is 0 Å². The summed E-state index contributed by atoms with van der Waals surface area (Å²) in [4.78, 5) is 12.9. The summed E-state index contributed by atoms with van der Waals surface area (Å²) in [7, 11) is 0. The highest BCUT2D eigenvalue weighted by atomic mass is 19.1. The van der Waals surface area contributed by atoms with E-state index in [1.54, 1.807) is 0 Å². The lowest BCUT2D eigenvalue weighted by Gasteiger charge is -2.26. The molecule has 0 aliphatic carbocycles. The molecule has 1 aromatic carbocycles. The Hall–Kier alpha value is -1.49. The second-order valence-corrected chi connectivity index (χ2v) is 3.80. The number of nitrogens with zero attached hydrogens (tertiary/aromatic N) is 1. The summed E-state index contributed by atoms with van der Waals surface area (Å²) < 4.78 is 26.0. The molecule has 16 heavy (non-hydrogen) atoms. The molecule has 1 amide bonds. The third-order valence-electron chi connectivity index (χ3n) is 2.53. The molecule has 5 heteroatoms. The maximum absolute atomic E-state index is 13.3. The number of rotatable bonds is 2. The lowest BCUT2D eigenvalue weighted by atomic mass is 10.2. The number of nitrogens with one attached hydrogen (secondary N) is 1. The van der Waals surface area contributed by atoms with E-state index in [0.717, 1.165) is 6.07 Å². The normalized spacial score (nSPS) is 17.2. The van der Waals surface area contributed by atoms with E-state index in [2.05, 4.69) is 5.32 Å². The first kappa shape index (κ1) is 11.0. The molecular formula is C11H12F2N2O.